The topological polar surface area (TPSA) is 92.5 Å². The van der Waals surface area contributed by atoms with Gasteiger partial charge in [0.15, 0.2) is 5.82 Å². The van der Waals surface area contributed by atoms with Crippen LogP contribution in [0.4, 0.5) is 11.5 Å². The van der Waals surface area contributed by atoms with Gasteiger partial charge < -0.3 is 9.84 Å². The maximum atomic E-state index is 12.3. The van der Waals surface area contributed by atoms with E-state index in [1.54, 1.807) is 13.0 Å². The summed E-state index contributed by atoms with van der Waals surface area (Å²) < 4.78 is 29.6. The summed E-state index contributed by atoms with van der Waals surface area (Å²) >= 11 is 6.15. The van der Waals surface area contributed by atoms with E-state index in [0.29, 0.717) is 16.5 Å². The quantitative estimate of drug-likeness (QED) is 0.872. The molecule has 0 saturated heterocycles. The minimum atomic E-state index is -3.70. The van der Waals surface area contributed by atoms with Crippen LogP contribution in [0.25, 0.3) is 0 Å². The minimum Gasteiger partial charge on any atom is -0.360 e. The van der Waals surface area contributed by atoms with Gasteiger partial charge in [0.1, 0.15) is 12.3 Å². The normalized spacial score (nSPS) is 11.4. The third-order valence-corrected chi connectivity index (χ3v) is 4.67. The number of benzene rings is 1. The SMILES string of the molecule is Cc1cc(C)c(NC(=O)CN(c2cc(C)on2)S(C)(=O)=O)c(Cl)c1. The van der Waals surface area contributed by atoms with Crippen LogP contribution in [-0.2, 0) is 14.8 Å². The van der Waals surface area contributed by atoms with Crippen molar-refractivity contribution in [2.75, 3.05) is 22.4 Å². The monoisotopic (exact) mass is 371 g/mol. The first-order chi connectivity index (χ1) is 11.1. The molecule has 9 heteroatoms. The van der Waals surface area contributed by atoms with Gasteiger partial charge in [-0.05, 0) is 38.0 Å². The van der Waals surface area contributed by atoms with Crippen molar-refractivity contribution in [1.29, 1.82) is 0 Å². The van der Waals surface area contributed by atoms with Crippen LogP contribution in [0.1, 0.15) is 16.9 Å². The van der Waals surface area contributed by atoms with Gasteiger partial charge in [0, 0.05) is 6.07 Å². The molecule has 2 rings (SSSR count). The Hall–Kier alpha value is -2.06. The van der Waals surface area contributed by atoms with E-state index in [2.05, 4.69) is 10.5 Å². The molecule has 1 N–H and O–H groups in total. The smallest absolute Gasteiger partial charge is 0.245 e. The Kier molecular flexibility index (Phi) is 5.19. The third-order valence-electron chi connectivity index (χ3n) is 3.25. The van der Waals surface area contributed by atoms with Crippen molar-refractivity contribution in [2.24, 2.45) is 0 Å². The molecule has 0 aliphatic heterocycles. The predicted octanol–water partition coefficient (Wildman–Crippen LogP) is 2.66. The summed E-state index contributed by atoms with van der Waals surface area (Å²) in [6.45, 7) is 4.90. The van der Waals surface area contributed by atoms with Crippen molar-refractivity contribution in [3.63, 3.8) is 0 Å². The number of nitrogens with one attached hydrogen (secondary N) is 1. The van der Waals surface area contributed by atoms with E-state index < -0.39 is 22.5 Å². The lowest BCUT2D eigenvalue weighted by atomic mass is 10.1. The zero-order valence-electron chi connectivity index (χ0n) is 13.8. The van der Waals surface area contributed by atoms with Gasteiger partial charge >= 0.3 is 0 Å². The van der Waals surface area contributed by atoms with E-state index in [1.807, 2.05) is 19.9 Å². The Bertz CT molecular complexity index is 854. The summed E-state index contributed by atoms with van der Waals surface area (Å²) in [6, 6.07) is 5.04. The largest absolute Gasteiger partial charge is 0.360 e. The summed E-state index contributed by atoms with van der Waals surface area (Å²) in [6.07, 6.45) is 0.994. The molecule has 1 amide bonds. The van der Waals surface area contributed by atoms with Crippen molar-refractivity contribution < 1.29 is 17.7 Å². The average Bonchev–Trinajstić information content (AvgIpc) is 2.85. The van der Waals surface area contributed by atoms with Crippen LogP contribution < -0.4 is 9.62 Å². The number of carbonyl (C=O) groups excluding carboxylic acids is 1. The standard InChI is InChI=1S/C15H18ClN3O4S/c1-9-5-10(2)15(12(16)6-9)17-14(20)8-19(24(4,21)22)13-7-11(3)23-18-13/h5-7H,8H2,1-4H3,(H,17,20). The number of aromatic nitrogens is 1. The maximum Gasteiger partial charge on any atom is 0.245 e. The second kappa shape index (κ2) is 6.82. The molecule has 0 fully saturated rings. The molecule has 130 valence electrons. The summed E-state index contributed by atoms with van der Waals surface area (Å²) in [5.41, 5.74) is 2.21. The lowest BCUT2D eigenvalue weighted by Gasteiger charge is -2.19. The number of anilines is 2. The van der Waals surface area contributed by atoms with E-state index in [1.165, 1.54) is 6.07 Å². The second-order valence-electron chi connectivity index (χ2n) is 5.55. The fourth-order valence-corrected chi connectivity index (χ4v) is 3.37. The lowest BCUT2D eigenvalue weighted by molar-refractivity contribution is -0.114. The Balaban J connectivity index is 2.23. The molecule has 7 nitrogen and oxygen atoms in total. The zero-order chi connectivity index (χ0) is 18.1. The van der Waals surface area contributed by atoms with Crippen LogP contribution >= 0.6 is 11.6 Å². The molecule has 1 heterocycles. The molecule has 1 aromatic heterocycles. The number of carbonyl (C=O) groups is 1. The number of hydrogen-bond donors (Lipinski definition) is 1. The molecule has 0 saturated carbocycles. The molecule has 0 spiro atoms. The fraction of sp³-hybridized carbons (Fsp3) is 0.333. The fourth-order valence-electron chi connectivity index (χ4n) is 2.22. The van der Waals surface area contributed by atoms with Gasteiger partial charge in [-0.2, -0.15) is 0 Å². The molecular weight excluding hydrogens is 354 g/mol. The van der Waals surface area contributed by atoms with E-state index >= 15 is 0 Å². The molecule has 2 aromatic rings. The van der Waals surface area contributed by atoms with Gasteiger partial charge in [0.25, 0.3) is 0 Å². The Morgan fingerprint density at radius 2 is 1.96 bits per heavy atom. The highest BCUT2D eigenvalue weighted by molar-refractivity contribution is 7.92. The number of nitrogens with zero attached hydrogens (tertiary/aromatic N) is 2. The van der Waals surface area contributed by atoms with Crippen LogP contribution in [0, 0.1) is 20.8 Å². The predicted molar refractivity (Wildman–Crippen MR) is 93.0 cm³/mol. The number of rotatable bonds is 5. The number of amides is 1. The average molecular weight is 372 g/mol. The van der Waals surface area contributed by atoms with E-state index in [4.69, 9.17) is 16.1 Å². The molecule has 0 aliphatic rings. The highest BCUT2D eigenvalue weighted by atomic mass is 35.5. The highest BCUT2D eigenvalue weighted by Crippen LogP contribution is 2.27. The summed E-state index contributed by atoms with van der Waals surface area (Å²) in [4.78, 5) is 12.3. The number of aryl methyl sites for hydroxylation is 3. The van der Waals surface area contributed by atoms with Gasteiger partial charge in [-0.15, -0.1) is 0 Å². The van der Waals surface area contributed by atoms with Gasteiger partial charge in [0.2, 0.25) is 15.9 Å². The van der Waals surface area contributed by atoms with E-state index in [-0.39, 0.29) is 5.82 Å². The van der Waals surface area contributed by atoms with Crippen LogP contribution in [0.5, 0.6) is 0 Å². The second-order valence-corrected chi connectivity index (χ2v) is 7.87. The number of halogens is 1. The first-order valence-corrected chi connectivity index (χ1v) is 9.28. The summed E-state index contributed by atoms with van der Waals surface area (Å²) in [7, 11) is -3.70. The molecule has 0 aliphatic carbocycles. The molecule has 0 radical (unpaired) electrons. The van der Waals surface area contributed by atoms with Crippen molar-refractivity contribution in [1.82, 2.24) is 5.16 Å². The third kappa shape index (κ3) is 4.27. The van der Waals surface area contributed by atoms with E-state index in [9.17, 15) is 13.2 Å². The molecule has 0 atom stereocenters. The Morgan fingerprint density at radius 1 is 1.29 bits per heavy atom. The first kappa shape index (κ1) is 18.3. The van der Waals surface area contributed by atoms with Crippen LogP contribution in [0.15, 0.2) is 22.7 Å². The molecular formula is C15H18ClN3O4S. The van der Waals surface area contributed by atoms with Crippen LogP contribution in [0.3, 0.4) is 0 Å². The van der Waals surface area contributed by atoms with Gasteiger partial charge in [-0.1, -0.05) is 22.8 Å². The van der Waals surface area contributed by atoms with Crippen LogP contribution in [0.2, 0.25) is 5.02 Å². The number of hydrogen-bond acceptors (Lipinski definition) is 5. The summed E-state index contributed by atoms with van der Waals surface area (Å²) in [5.74, 6) is -0.0386. The van der Waals surface area contributed by atoms with Crippen molar-refractivity contribution in [3.8, 4) is 0 Å². The summed E-state index contributed by atoms with van der Waals surface area (Å²) in [5, 5.41) is 6.70. The van der Waals surface area contributed by atoms with Gasteiger partial charge in [-0.25, -0.2) is 12.7 Å². The van der Waals surface area contributed by atoms with Crippen LogP contribution in [-0.4, -0.2) is 32.3 Å². The van der Waals surface area contributed by atoms with Crippen molar-refractivity contribution in [2.45, 2.75) is 20.8 Å². The molecule has 1 aromatic carbocycles. The zero-order valence-corrected chi connectivity index (χ0v) is 15.3. The van der Waals surface area contributed by atoms with Gasteiger partial charge in [0.05, 0.1) is 17.0 Å². The molecule has 0 unspecified atom stereocenters. The molecule has 0 bridgehead atoms. The first-order valence-electron chi connectivity index (χ1n) is 7.05. The minimum absolute atomic E-state index is 0.0527. The van der Waals surface area contributed by atoms with Crippen molar-refractivity contribution in [3.05, 3.63) is 40.1 Å². The Labute approximate surface area is 145 Å². The lowest BCUT2D eigenvalue weighted by Crippen LogP contribution is -2.37. The number of sulfonamides is 1. The van der Waals surface area contributed by atoms with Crippen molar-refractivity contribution >= 4 is 39.0 Å². The molecule has 24 heavy (non-hydrogen) atoms. The Morgan fingerprint density at radius 3 is 2.46 bits per heavy atom. The maximum absolute atomic E-state index is 12.3. The highest BCUT2D eigenvalue weighted by Gasteiger charge is 2.24. The van der Waals surface area contributed by atoms with E-state index in [0.717, 1.165) is 21.7 Å². The van der Waals surface area contributed by atoms with Gasteiger partial charge in [-0.3, -0.25) is 4.79 Å².